The van der Waals surface area contributed by atoms with Crippen molar-refractivity contribution in [1.82, 2.24) is 15.1 Å². The van der Waals surface area contributed by atoms with Crippen molar-refractivity contribution in [3.63, 3.8) is 0 Å². The van der Waals surface area contributed by atoms with Crippen molar-refractivity contribution >= 4 is 17.4 Å². The van der Waals surface area contributed by atoms with Gasteiger partial charge in [0.15, 0.2) is 0 Å². The molecule has 4 rings (SSSR count). The van der Waals surface area contributed by atoms with Gasteiger partial charge in [-0.25, -0.2) is 4.98 Å². The van der Waals surface area contributed by atoms with Gasteiger partial charge in [0.05, 0.1) is 25.1 Å². The number of carbonyl (C=O) groups is 1. The number of hydrogen-bond acceptors (Lipinski definition) is 7. The molecule has 0 spiro atoms. The first-order chi connectivity index (χ1) is 15.1. The van der Waals surface area contributed by atoms with Gasteiger partial charge < -0.3 is 19.5 Å². The van der Waals surface area contributed by atoms with Crippen LogP contribution in [0, 0.1) is 0 Å². The van der Waals surface area contributed by atoms with Crippen molar-refractivity contribution in [1.29, 1.82) is 0 Å². The second kappa shape index (κ2) is 9.70. The topological polar surface area (TPSA) is 93.4 Å². The average molecular weight is 422 g/mol. The van der Waals surface area contributed by atoms with Gasteiger partial charge >= 0.3 is 0 Å². The molecule has 0 radical (unpaired) electrons. The smallest absolute Gasteiger partial charge is 0.227 e. The van der Waals surface area contributed by atoms with Gasteiger partial charge in [-0.3, -0.25) is 4.79 Å². The first kappa shape index (κ1) is 21.0. The summed E-state index contributed by atoms with van der Waals surface area (Å²) >= 11 is 0. The van der Waals surface area contributed by atoms with Crippen LogP contribution in [0.4, 0.5) is 11.5 Å². The average Bonchev–Trinajstić information content (AvgIpc) is 3.28. The van der Waals surface area contributed by atoms with Gasteiger partial charge in [0.2, 0.25) is 17.6 Å². The molecule has 162 valence electrons. The number of carbonyl (C=O) groups excluding carboxylic acids is 1. The predicted molar refractivity (Wildman–Crippen MR) is 118 cm³/mol. The Kier molecular flexibility index (Phi) is 6.57. The summed E-state index contributed by atoms with van der Waals surface area (Å²) in [5.41, 5.74) is 3.19. The predicted octanol–water partition coefficient (Wildman–Crippen LogP) is 3.66. The zero-order valence-corrected chi connectivity index (χ0v) is 17.9. The lowest BCUT2D eigenvalue weighted by Crippen LogP contribution is -2.36. The summed E-state index contributed by atoms with van der Waals surface area (Å²) in [6.07, 6.45) is 2.38. The Morgan fingerprint density at radius 2 is 1.90 bits per heavy atom. The first-order valence-electron chi connectivity index (χ1n) is 10.6. The summed E-state index contributed by atoms with van der Waals surface area (Å²) in [6, 6.07) is 11.9. The maximum Gasteiger partial charge on any atom is 0.227 e. The Morgan fingerprint density at radius 1 is 1.13 bits per heavy atom. The number of ether oxygens (including phenoxy) is 1. The number of pyridine rings is 1. The van der Waals surface area contributed by atoms with E-state index in [4.69, 9.17) is 9.26 Å². The molecule has 0 aliphatic carbocycles. The van der Waals surface area contributed by atoms with Crippen molar-refractivity contribution in [2.75, 3.05) is 36.5 Å². The normalized spacial score (nSPS) is 14.1. The van der Waals surface area contributed by atoms with Gasteiger partial charge in [-0.2, -0.15) is 4.98 Å². The van der Waals surface area contributed by atoms with E-state index in [0.29, 0.717) is 29.9 Å². The zero-order valence-electron chi connectivity index (χ0n) is 17.9. The number of nitrogens with one attached hydrogen (secondary N) is 1. The Hall–Kier alpha value is -3.26. The molecule has 31 heavy (non-hydrogen) atoms. The van der Waals surface area contributed by atoms with Crippen LogP contribution in [0.15, 0.2) is 47.1 Å². The fraction of sp³-hybridized carbons (Fsp3) is 0.391. The Morgan fingerprint density at radius 3 is 2.58 bits per heavy atom. The monoisotopic (exact) mass is 421 g/mol. The maximum atomic E-state index is 12.3. The Bertz CT molecular complexity index is 993. The van der Waals surface area contributed by atoms with Crippen LogP contribution in [0.3, 0.4) is 0 Å². The molecule has 0 unspecified atom stereocenters. The van der Waals surface area contributed by atoms with Crippen LogP contribution in [-0.2, 0) is 16.0 Å². The third-order valence-electron chi connectivity index (χ3n) is 5.26. The Labute approximate surface area is 181 Å². The summed E-state index contributed by atoms with van der Waals surface area (Å²) < 4.78 is 10.7. The lowest BCUT2D eigenvalue weighted by Gasteiger charge is -2.28. The van der Waals surface area contributed by atoms with Crippen LogP contribution in [-0.4, -0.2) is 47.3 Å². The van der Waals surface area contributed by atoms with Gasteiger partial charge in [0.25, 0.3) is 0 Å². The second-order valence-electron chi connectivity index (χ2n) is 7.84. The molecule has 1 N–H and O–H groups in total. The van der Waals surface area contributed by atoms with E-state index >= 15 is 0 Å². The number of hydrogen-bond donors (Lipinski definition) is 1. The molecule has 0 bridgehead atoms. The molecule has 1 saturated heterocycles. The third-order valence-corrected chi connectivity index (χ3v) is 5.26. The first-order valence-corrected chi connectivity index (χ1v) is 10.6. The van der Waals surface area contributed by atoms with E-state index in [1.54, 1.807) is 6.20 Å². The molecule has 3 aromatic rings. The number of benzene rings is 1. The van der Waals surface area contributed by atoms with Crippen molar-refractivity contribution in [2.24, 2.45) is 0 Å². The number of aromatic nitrogens is 3. The molecular weight excluding hydrogens is 394 g/mol. The van der Waals surface area contributed by atoms with E-state index in [9.17, 15) is 4.79 Å². The molecule has 8 nitrogen and oxygen atoms in total. The number of anilines is 2. The summed E-state index contributed by atoms with van der Waals surface area (Å²) in [6.45, 7) is 7.45. The summed E-state index contributed by atoms with van der Waals surface area (Å²) in [4.78, 5) is 23.3. The molecule has 1 fully saturated rings. The van der Waals surface area contributed by atoms with Gasteiger partial charge in [-0.1, -0.05) is 43.3 Å². The second-order valence-corrected chi connectivity index (χ2v) is 7.84. The van der Waals surface area contributed by atoms with Gasteiger partial charge in [0, 0.05) is 31.5 Å². The van der Waals surface area contributed by atoms with Crippen molar-refractivity contribution in [2.45, 2.75) is 32.6 Å². The highest BCUT2D eigenvalue weighted by molar-refractivity contribution is 5.89. The SMILES string of the molecule is CC(C)c1ccc(-c2noc(CCC(=O)Nc3ccc(N4CCOCC4)cn3)n2)cc1. The number of nitrogens with zero attached hydrogens (tertiary/aromatic N) is 4. The largest absolute Gasteiger partial charge is 0.378 e. The van der Waals surface area contributed by atoms with E-state index in [0.717, 1.165) is 37.6 Å². The van der Waals surface area contributed by atoms with Gasteiger partial charge in [-0.05, 0) is 23.6 Å². The highest BCUT2D eigenvalue weighted by Crippen LogP contribution is 2.21. The highest BCUT2D eigenvalue weighted by atomic mass is 16.5. The van der Waals surface area contributed by atoms with Crippen LogP contribution in [0.5, 0.6) is 0 Å². The van der Waals surface area contributed by atoms with Crippen LogP contribution in [0.2, 0.25) is 0 Å². The molecule has 8 heteroatoms. The molecule has 0 saturated carbocycles. The lowest BCUT2D eigenvalue weighted by molar-refractivity contribution is -0.116. The van der Waals surface area contributed by atoms with E-state index in [1.807, 2.05) is 24.3 Å². The maximum absolute atomic E-state index is 12.3. The van der Waals surface area contributed by atoms with Crippen LogP contribution >= 0.6 is 0 Å². The minimum Gasteiger partial charge on any atom is -0.378 e. The standard InChI is InChI=1S/C23H27N5O3/c1-16(2)17-3-5-18(6-4-17)23-26-22(31-27-23)10-9-21(29)25-20-8-7-19(15-24-20)28-11-13-30-14-12-28/h3-8,15-16H,9-14H2,1-2H3,(H,24,25,29). The number of aryl methyl sites for hydroxylation is 1. The summed E-state index contributed by atoms with van der Waals surface area (Å²) in [7, 11) is 0. The number of rotatable bonds is 7. The Balaban J connectivity index is 1.28. The van der Waals surface area contributed by atoms with Gasteiger partial charge in [0.1, 0.15) is 5.82 Å². The summed E-state index contributed by atoms with van der Waals surface area (Å²) in [5, 5.41) is 6.85. The lowest BCUT2D eigenvalue weighted by atomic mass is 10.0. The van der Waals surface area contributed by atoms with E-state index in [2.05, 4.69) is 51.3 Å². The molecule has 1 amide bonds. The van der Waals surface area contributed by atoms with Crippen LogP contribution in [0.25, 0.3) is 11.4 Å². The fourth-order valence-corrected chi connectivity index (χ4v) is 3.39. The zero-order chi connectivity index (χ0) is 21.6. The van der Waals surface area contributed by atoms with Crippen LogP contribution in [0.1, 0.15) is 37.6 Å². The fourth-order valence-electron chi connectivity index (χ4n) is 3.39. The summed E-state index contributed by atoms with van der Waals surface area (Å²) in [5.74, 6) is 1.82. The van der Waals surface area contributed by atoms with Crippen molar-refractivity contribution in [3.05, 3.63) is 54.0 Å². The molecular formula is C23H27N5O3. The molecule has 2 aromatic heterocycles. The van der Waals surface area contributed by atoms with E-state index < -0.39 is 0 Å². The molecule has 1 aliphatic rings. The van der Waals surface area contributed by atoms with Crippen molar-refractivity contribution in [3.8, 4) is 11.4 Å². The number of morpholine rings is 1. The van der Waals surface area contributed by atoms with E-state index in [-0.39, 0.29) is 12.3 Å². The molecule has 1 aliphatic heterocycles. The minimum atomic E-state index is -0.146. The van der Waals surface area contributed by atoms with Crippen LogP contribution < -0.4 is 10.2 Å². The molecule has 0 atom stereocenters. The highest BCUT2D eigenvalue weighted by Gasteiger charge is 2.13. The van der Waals surface area contributed by atoms with E-state index in [1.165, 1.54) is 5.56 Å². The molecule has 3 heterocycles. The van der Waals surface area contributed by atoms with Gasteiger partial charge in [-0.15, -0.1) is 0 Å². The third kappa shape index (κ3) is 5.46. The molecule has 1 aromatic carbocycles. The van der Waals surface area contributed by atoms with Crippen molar-refractivity contribution < 1.29 is 14.1 Å². The minimum absolute atomic E-state index is 0.146. The quantitative estimate of drug-likeness (QED) is 0.622. The number of amides is 1.